The highest BCUT2D eigenvalue weighted by Crippen LogP contribution is 2.37. The van der Waals surface area contributed by atoms with E-state index < -0.39 is 11.9 Å². The van der Waals surface area contributed by atoms with Gasteiger partial charge in [0.1, 0.15) is 17.5 Å². The van der Waals surface area contributed by atoms with Gasteiger partial charge in [-0.15, -0.1) is 0 Å². The molecule has 3 aromatic heterocycles. The van der Waals surface area contributed by atoms with Gasteiger partial charge in [0, 0.05) is 37.4 Å². The number of pyridine rings is 1. The first-order chi connectivity index (χ1) is 19.7. The molecule has 1 atom stereocenters. The lowest BCUT2D eigenvalue weighted by atomic mass is 10.0. The fraction of sp³-hybridized carbons (Fsp3) is 0.357. The molecule has 1 aromatic carbocycles. The predicted molar refractivity (Wildman–Crippen MR) is 152 cm³/mol. The standard InChI is InChI=1S/C28H28F3N7O2S/c1-17-7-3-4-13-38(17)14-6-12-32-26-19(10-11-23(36-26)28(29,30)31)20-15-24(34-16-33-20)40-21-8-5-9-22-25(21)37-27(41-22)35-18(2)39/h5,8-12,15-17H,3-4,6-7,13-14H2,1-2H3,(H,35,37,39)/b32-12-. The van der Waals surface area contributed by atoms with E-state index in [1.54, 1.807) is 18.3 Å². The van der Waals surface area contributed by atoms with Crippen LogP contribution in [-0.2, 0) is 11.0 Å². The van der Waals surface area contributed by atoms with Crippen molar-refractivity contribution in [3.8, 4) is 22.9 Å². The number of thiazole rings is 1. The number of hydrogen-bond donors (Lipinski definition) is 1. The van der Waals surface area contributed by atoms with Gasteiger partial charge >= 0.3 is 6.18 Å². The van der Waals surface area contributed by atoms with Gasteiger partial charge in [-0.05, 0) is 57.0 Å². The second kappa shape index (κ2) is 12.3. The van der Waals surface area contributed by atoms with Gasteiger partial charge in [-0.2, -0.15) is 13.2 Å². The minimum absolute atomic E-state index is 0.0854. The minimum Gasteiger partial charge on any atom is -0.437 e. The van der Waals surface area contributed by atoms with E-state index in [2.05, 4.69) is 42.1 Å². The summed E-state index contributed by atoms with van der Waals surface area (Å²) < 4.78 is 47.3. The van der Waals surface area contributed by atoms with Crippen molar-refractivity contribution in [2.45, 2.75) is 51.7 Å². The van der Waals surface area contributed by atoms with E-state index in [1.165, 1.54) is 43.1 Å². The Morgan fingerprint density at radius 1 is 1.22 bits per heavy atom. The second-order valence-corrected chi connectivity index (χ2v) is 10.7. The van der Waals surface area contributed by atoms with Gasteiger partial charge in [-0.3, -0.25) is 4.79 Å². The van der Waals surface area contributed by atoms with E-state index in [4.69, 9.17) is 4.74 Å². The van der Waals surface area contributed by atoms with Crippen molar-refractivity contribution in [2.75, 3.05) is 18.4 Å². The lowest BCUT2D eigenvalue weighted by Crippen LogP contribution is -2.38. The Morgan fingerprint density at radius 2 is 2.07 bits per heavy atom. The van der Waals surface area contributed by atoms with Crippen molar-refractivity contribution >= 4 is 44.6 Å². The van der Waals surface area contributed by atoms with Crippen LogP contribution in [0.4, 0.5) is 24.1 Å². The van der Waals surface area contributed by atoms with Gasteiger partial charge in [-0.25, -0.2) is 24.9 Å². The summed E-state index contributed by atoms with van der Waals surface area (Å²) in [6, 6.07) is 9.55. The van der Waals surface area contributed by atoms with Gasteiger partial charge in [-0.1, -0.05) is 23.8 Å². The number of anilines is 1. The number of alkyl halides is 3. The Hall–Kier alpha value is -3.97. The number of nitrogens with one attached hydrogen (secondary N) is 1. The van der Waals surface area contributed by atoms with Crippen molar-refractivity contribution in [1.29, 1.82) is 0 Å². The summed E-state index contributed by atoms with van der Waals surface area (Å²) in [6.45, 7) is 5.37. The molecule has 1 amide bonds. The van der Waals surface area contributed by atoms with Crippen LogP contribution in [-0.4, -0.2) is 56.1 Å². The van der Waals surface area contributed by atoms with E-state index in [1.807, 2.05) is 6.07 Å². The van der Waals surface area contributed by atoms with Crippen molar-refractivity contribution in [2.24, 2.45) is 4.99 Å². The molecule has 4 aromatic rings. The van der Waals surface area contributed by atoms with Crippen LogP contribution in [0, 0.1) is 0 Å². The zero-order valence-electron chi connectivity index (χ0n) is 22.5. The van der Waals surface area contributed by atoms with E-state index in [0.717, 1.165) is 36.7 Å². The molecule has 0 aliphatic carbocycles. The van der Waals surface area contributed by atoms with Crippen LogP contribution in [0.2, 0.25) is 0 Å². The molecule has 13 heteroatoms. The third-order valence-electron chi connectivity index (χ3n) is 6.66. The lowest BCUT2D eigenvalue weighted by molar-refractivity contribution is -0.141. The number of aliphatic imine (C=N–C) groups is 1. The van der Waals surface area contributed by atoms with E-state index in [9.17, 15) is 18.0 Å². The molecule has 1 aliphatic rings. The summed E-state index contributed by atoms with van der Waals surface area (Å²) in [6.07, 6.45) is 2.34. The number of fused-ring (bicyclic) bond motifs is 1. The van der Waals surface area contributed by atoms with Gasteiger partial charge < -0.3 is 15.0 Å². The number of nitrogens with zero attached hydrogens (tertiary/aromatic N) is 6. The number of amides is 1. The number of piperidine rings is 1. The Bertz CT molecular complexity index is 1570. The monoisotopic (exact) mass is 583 g/mol. The predicted octanol–water partition coefficient (Wildman–Crippen LogP) is 6.88. The smallest absolute Gasteiger partial charge is 0.433 e. The fourth-order valence-electron chi connectivity index (χ4n) is 4.63. The number of aromatic nitrogens is 4. The van der Waals surface area contributed by atoms with Crippen LogP contribution in [0.5, 0.6) is 11.6 Å². The van der Waals surface area contributed by atoms with Crippen molar-refractivity contribution in [3.05, 3.63) is 48.4 Å². The molecular weight excluding hydrogens is 555 g/mol. The molecule has 1 N–H and O–H groups in total. The summed E-state index contributed by atoms with van der Waals surface area (Å²) in [5, 5.41) is 3.09. The third kappa shape index (κ3) is 7.03. The molecule has 1 aliphatic heterocycles. The molecule has 9 nitrogen and oxygen atoms in total. The number of para-hydroxylation sites is 1. The van der Waals surface area contributed by atoms with Crippen molar-refractivity contribution in [1.82, 2.24) is 24.8 Å². The zero-order chi connectivity index (χ0) is 29.0. The van der Waals surface area contributed by atoms with Crippen LogP contribution in [0.1, 0.15) is 45.2 Å². The molecule has 41 heavy (non-hydrogen) atoms. The number of likely N-dealkylation sites (tertiary alicyclic amines) is 1. The minimum atomic E-state index is -4.62. The summed E-state index contributed by atoms with van der Waals surface area (Å²) in [4.78, 5) is 34.8. The highest BCUT2D eigenvalue weighted by atomic mass is 32.1. The molecule has 0 radical (unpaired) electrons. The number of carbonyl (C=O) groups excluding carboxylic acids is 1. The van der Waals surface area contributed by atoms with Crippen molar-refractivity contribution < 1.29 is 22.7 Å². The maximum Gasteiger partial charge on any atom is 0.433 e. The summed E-state index contributed by atoms with van der Waals surface area (Å²) in [7, 11) is 0. The molecular formula is C28H28F3N7O2S. The number of benzene rings is 1. The summed E-state index contributed by atoms with van der Waals surface area (Å²) >= 11 is 1.30. The van der Waals surface area contributed by atoms with Crippen LogP contribution < -0.4 is 10.1 Å². The van der Waals surface area contributed by atoms with Gasteiger partial charge in [0.15, 0.2) is 16.7 Å². The number of ether oxygens (including phenoxy) is 1. The van der Waals surface area contributed by atoms with E-state index >= 15 is 0 Å². The molecule has 1 saturated heterocycles. The number of carbonyl (C=O) groups is 1. The second-order valence-electron chi connectivity index (χ2n) is 9.69. The maximum absolute atomic E-state index is 13.5. The Balaban J connectivity index is 1.41. The molecule has 5 rings (SSSR count). The number of rotatable bonds is 8. The van der Waals surface area contributed by atoms with Crippen LogP contribution in [0.15, 0.2) is 47.7 Å². The normalized spacial score (nSPS) is 16.4. The van der Waals surface area contributed by atoms with Crippen molar-refractivity contribution in [3.63, 3.8) is 0 Å². The Kier molecular flexibility index (Phi) is 8.54. The first-order valence-electron chi connectivity index (χ1n) is 13.2. The average Bonchev–Trinajstić information content (AvgIpc) is 3.34. The highest BCUT2D eigenvalue weighted by molar-refractivity contribution is 7.22. The topological polar surface area (TPSA) is 105 Å². The first-order valence-corrected chi connectivity index (χ1v) is 14.0. The van der Waals surface area contributed by atoms with E-state index in [0.29, 0.717) is 40.1 Å². The van der Waals surface area contributed by atoms with Crippen LogP contribution in [0.3, 0.4) is 0 Å². The molecule has 4 heterocycles. The molecule has 0 spiro atoms. The summed E-state index contributed by atoms with van der Waals surface area (Å²) in [5.74, 6) is 0.232. The lowest BCUT2D eigenvalue weighted by Gasteiger charge is -2.32. The van der Waals surface area contributed by atoms with Gasteiger partial charge in [0.05, 0.1) is 10.4 Å². The highest BCUT2D eigenvalue weighted by Gasteiger charge is 2.33. The number of halogens is 3. The molecule has 1 fully saturated rings. The van der Waals surface area contributed by atoms with Gasteiger partial charge in [0.2, 0.25) is 11.8 Å². The average molecular weight is 584 g/mol. The molecule has 0 bridgehead atoms. The molecule has 0 saturated carbocycles. The maximum atomic E-state index is 13.5. The first kappa shape index (κ1) is 28.6. The fourth-order valence-corrected chi connectivity index (χ4v) is 5.56. The molecule has 214 valence electrons. The number of hydrogen-bond acceptors (Lipinski definition) is 9. The summed E-state index contributed by atoms with van der Waals surface area (Å²) in [5.41, 5.74) is 0.116. The van der Waals surface area contributed by atoms with Crippen LogP contribution >= 0.6 is 11.3 Å². The van der Waals surface area contributed by atoms with Crippen LogP contribution in [0.25, 0.3) is 21.5 Å². The Labute approximate surface area is 238 Å². The third-order valence-corrected chi connectivity index (χ3v) is 7.60. The largest absolute Gasteiger partial charge is 0.437 e. The zero-order valence-corrected chi connectivity index (χ0v) is 23.3. The SMILES string of the molecule is CC(=O)Nc1nc2c(Oc3cc(-c4ccc(C(F)(F)F)nc4/N=C\CCN4CCCCC4C)ncn3)cccc2s1. The van der Waals surface area contributed by atoms with E-state index in [-0.39, 0.29) is 17.6 Å². The molecule has 1 unspecified atom stereocenters. The quantitative estimate of drug-likeness (QED) is 0.225. The van der Waals surface area contributed by atoms with Gasteiger partial charge in [0.25, 0.3) is 0 Å². The Morgan fingerprint density at radius 3 is 2.85 bits per heavy atom.